The zero-order valence-electron chi connectivity index (χ0n) is 9.05. The van der Waals surface area contributed by atoms with Gasteiger partial charge in [0.25, 0.3) is 0 Å². The number of hydrogen-bond acceptors (Lipinski definition) is 4. The number of rotatable bonds is 4. The van der Waals surface area contributed by atoms with Gasteiger partial charge in [-0.3, -0.25) is 9.97 Å². The summed E-state index contributed by atoms with van der Waals surface area (Å²) < 4.78 is 5.56. The van der Waals surface area contributed by atoms with Crippen molar-refractivity contribution in [1.29, 1.82) is 0 Å². The Labute approximate surface area is 94.3 Å². The van der Waals surface area contributed by atoms with Crippen molar-refractivity contribution in [2.24, 2.45) is 0 Å². The van der Waals surface area contributed by atoms with E-state index in [2.05, 4.69) is 15.3 Å². The Morgan fingerprint density at radius 2 is 2.00 bits per heavy atom. The third-order valence-corrected chi connectivity index (χ3v) is 2.15. The minimum absolute atomic E-state index is 0.437. The zero-order chi connectivity index (χ0) is 11.2. The molecule has 0 spiro atoms. The first-order chi connectivity index (χ1) is 7.88. The zero-order valence-corrected chi connectivity index (χ0v) is 9.05. The van der Waals surface area contributed by atoms with Crippen molar-refractivity contribution in [3.05, 3.63) is 48.5 Å². The highest BCUT2D eigenvalue weighted by Gasteiger charge is 1.96. The summed E-state index contributed by atoms with van der Waals surface area (Å²) in [5, 5.41) is 3.05. The van der Waals surface area contributed by atoms with E-state index in [1.165, 1.54) is 0 Å². The lowest BCUT2D eigenvalue weighted by Gasteiger charge is -2.06. The van der Waals surface area contributed by atoms with Gasteiger partial charge in [-0.25, -0.2) is 0 Å². The van der Waals surface area contributed by atoms with Crippen molar-refractivity contribution < 1.29 is 4.74 Å². The van der Waals surface area contributed by atoms with Crippen LogP contribution in [0.5, 0.6) is 5.75 Å². The number of anilines is 1. The van der Waals surface area contributed by atoms with Gasteiger partial charge in [0.2, 0.25) is 0 Å². The highest BCUT2D eigenvalue weighted by Crippen LogP contribution is 2.15. The second kappa shape index (κ2) is 5.11. The molecule has 4 nitrogen and oxygen atoms in total. The molecule has 1 aromatic heterocycles. The summed E-state index contributed by atoms with van der Waals surface area (Å²) in [5.74, 6) is 0.824. The van der Waals surface area contributed by atoms with Gasteiger partial charge in [0.15, 0.2) is 0 Å². The Hall–Kier alpha value is -2.10. The first kappa shape index (κ1) is 10.4. The second-order valence-corrected chi connectivity index (χ2v) is 3.26. The molecule has 0 aliphatic rings. The summed E-state index contributed by atoms with van der Waals surface area (Å²) in [6, 6.07) is 7.77. The maximum absolute atomic E-state index is 5.56. The summed E-state index contributed by atoms with van der Waals surface area (Å²) in [6.45, 7) is 0.437. The van der Waals surface area contributed by atoms with Gasteiger partial charge >= 0.3 is 0 Å². The smallest absolute Gasteiger partial charge is 0.132 e. The van der Waals surface area contributed by atoms with Gasteiger partial charge in [-0.2, -0.15) is 0 Å². The Kier molecular flexibility index (Phi) is 3.33. The molecule has 0 saturated heterocycles. The second-order valence-electron chi connectivity index (χ2n) is 3.26. The molecule has 0 saturated carbocycles. The quantitative estimate of drug-likeness (QED) is 0.848. The van der Waals surface area contributed by atoms with E-state index in [-0.39, 0.29) is 0 Å². The van der Waals surface area contributed by atoms with Crippen molar-refractivity contribution >= 4 is 5.69 Å². The summed E-state index contributed by atoms with van der Waals surface area (Å²) in [4.78, 5) is 8.10. The molecule has 0 amide bonds. The van der Waals surface area contributed by atoms with Crippen LogP contribution in [0, 0.1) is 0 Å². The monoisotopic (exact) mass is 215 g/mol. The maximum atomic E-state index is 5.56. The van der Waals surface area contributed by atoms with Crippen molar-refractivity contribution in [2.45, 2.75) is 6.61 Å². The fourth-order valence-electron chi connectivity index (χ4n) is 1.28. The lowest BCUT2D eigenvalue weighted by molar-refractivity contribution is 0.301. The van der Waals surface area contributed by atoms with E-state index in [0.29, 0.717) is 6.61 Å². The maximum Gasteiger partial charge on any atom is 0.132 e. The number of ether oxygens (including phenoxy) is 1. The molecular formula is C12H13N3O. The molecule has 0 bridgehead atoms. The normalized spacial score (nSPS) is 9.81. The van der Waals surface area contributed by atoms with E-state index in [1.807, 2.05) is 31.3 Å². The summed E-state index contributed by atoms with van der Waals surface area (Å²) in [5.41, 5.74) is 1.88. The third-order valence-electron chi connectivity index (χ3n) is 2.15. The van der Waals surface area contributed by atoms with E-state index in [0.717, 1.165) is 17.1 Å². The minimum Gasteiger partial charge on any atom is -0.487 e. The lowest BCUT2D eigenvalue weighted by Crippen LogP contribution is -1.98. The number of benzene rings is 1. The molecule has 1 aromatic carbocycles. The van der Waals surface area contributed by atoms with Crippen molar-refractivity contribution in [3.63, 3.8) is 0 Å². The number of nitrogens with zero attached hydrogens (tertiary/aromatic N) is 2. The van der Waals surface area contributed by atoms with E-state index >= 15 is 0 Å². The highest BCUT2D eigenvalue weighted by atomic mass is 16.5. The Morgan fingerprint density at radius 1 is 1.19 bits per heavy atom. The van der Waals surface area contributed by atoms with Crippen LogP contribution < -0.4 is 10.1 Å². The fraction of sp³-hybridized carbons (Fsp3) is 0.167. The summed E-state index contributed by atoms with van der Waals surface area (Å²) in [6.07, 6.45) is 5.00. The van der Waals surface area contributed by atoms with E-state index in [4.69, 9.17) is 4.74 Å². The Bertz CT molecular complexity index is 428. The van der Waals surface area contributed by atoms with Gasteiger partial charge in [0.1, 0.15) is 12.4 Å². The molecule has 1 N–H and O–H groups in total. The molecule has 0 atom stereocenters. The van der Waals surface area contributed by atoms with Crippen molar-refractivity contribution in [1.82, 2.24) is 9.97 Å². The first-order valence-corrected chi connectivity index (χ1v) is 5.04. The largest absolute Gasteiger partial charge is 0.487 e. The molecule has 2 aromatic rings. The summed E-state index contributed by atoms with van der Waals surface area (Å²) in [7, 11) is 1.88. The van der Waals surface area contributed by atoms with E-state index in [9.17, 15) is 0 Å². The number of aromatic nitrogens is 2. The predicted octanol–water partition coefficient (Wildman–Crippen LogP) is 2.10. The van der Waals surface area contributed by atoms with Crippen LogP contribution in [-0.4, -0.2) is 17.0 Å². The standard InChI is InChI=1S/C12H13N3O/c1-13-10-2-4-12(5-3-10)16-9-11-8-14-6-7-15-11/h2-8,13H,9H2,1H3. The topological polar surface area (TPSA) is 47.0 Å². The van der Waals surface area contributed by atoms with Crippen LogP contribution in [0.1, 0.15) is 5.69 Å². The lowest BCUT2D eigenvalue weighted by atomic mass is 10.3. The Balaban J connectivity index is 1.94. The molecule has 4 heteroatoms. The van der Waals surface area contributed by atoms with Gasteiger partial charge in [-0.15, -0.1) is 0 Å². The number of nitrogens with one attached hydrogen (secondary N) is 1. The van der Waals surface area contributed by atoms with Gasteiger partial charge < -0.3 is 10.1 Å². The van der Waals surface area contributed by atoms with Crippen LogP contribution in [-0.2, 0) is 6.61 Å². The molecule has 16 heavy (non-hydrogen) atoms. The van der Waals surface area contributed by atoms with E-state index in [1.54, 1.807) is 18.6 Å². The van der Waals surface area contributed by atoms with Gasteiger partial charge in [-0.05, 0) is 24.3 Å². The molecule has 0 aliphatic carbocycles. The SMILES string of the molecule is CNc1ccc(OCc2cnccn2)cc1. The number of hydrogen-bond donors (Lipinski definition) is 1. The van der Waals surface area contributed by atoms with Crippen molar-refractivity contribution in [3.8, 4) is 5.75 Å². The van der Waals surface area contributed by atoms with Crippen LogP contribution in [0.2, 0.25) is 0 Å². The van der Waals surface area contributed by atoms with Crippen LogP contribution >= 0.6 is 0 Å². The average Bonchev–Trinajstić information content (AvgIpc) is 2.38. The fourth-order valence-corrected chi connectivity index (χ4v) is 1.28. The minimum atomic E-state index is 0.437. The summed E-state index contributed by atoms with van der Waals surface area (Å²) >= 11 is 0. The molecule has 1 heterocycles. The predicted molar refractivity (Wildman–Crippen MR) is 62.4 cm³/mol. The average molecular weight is 215 g/mol. The molecule has 0 fully saturated rings. The Morgan fingerprint density at radius 3 is 2.62 bits per heavy atom. The molecule has 0 unspecified atom stereocenters. The van der Waals surface area contributed by atoms with Crippen LogP contribution in [0.25, 0.3) is 0 Å². The molecular weight excluding hydrogens is 202 g/mol. The first-order valence-electron chi connectivity index (χ1n) is 5.04. The van der Waals surface area contributed by atoms with Gasteiger partial charge in [-0.1, -0.05) is 0 Å². The van der Waals surface area contributed by atoms with E-state index < -0.39 is 0 Å². The highest BCUT2D eigenvalue weighted by molar-refractivity contribution is 5.45. The van der Waals surface area contributed by atoms with Crippen LogP contribution in [0.3, 0.4) is 0 Å². The molecule has 82 valence electrons. The molecule has 2 rings (SSSR count). The van der Waals surface area contributed by atoms with Gasteiger partial charge in [0, 0.05) is 25.1 Å². The molecule has 0 aliphatic heterocycles. The van der Waals surface area contributed by atoms with Gasteiger partial charge in [0.05, 0.1) is 11.9 Å². The van der Waals surface area contributed by atoms with Crippen LogP contribution in [0.15, 0.2) is 42.9 Å². The van der Waals surface area contributed by atoms with Crippen molar-refractivity contribution in [2.75, 3.05) is 12.4 Å². The third kappa shape index (κ3) is 2.70. The van der Waals surface area contributed by atoms with Crippen LogP contribution in [0.4, 0.5) is 5.69 Å². The molecule has 0 radical (unpaired) electrons.